The molecule has 0 radical (unpaired) electrons. The Bertz CT molecular complexity index is 689. The Kier molecular flexibility index (Phi) is 4.93. The monoisotopic (exact) mass is 367 g/mol. The molecule has 21 heavy (non-hydrogen) atoms. The Balaban J connectivity index is 2.01. The average molecular weight is 369 g/mol. The Morgan fingerprint density at radius 3 is 2.33 bits per heavy atom. The van der Waals surface area contributed by atoms with Gasteiger partial charge in [-0.15, -0.1) is 0 Å². The predicted molar refractivity (Wildman–Crippen MR) is 86.0 cm³/mol. The fourth-order valence-electron chi connectivity index (χ4n) is 1.57. The van der Waals surface area contributed by atoms with Crippen molar-refractivity contribution in [2.24, 2.45) is 0 Å². The number of Topliss-reactive ketones (excluding diaryl/α,β-unsaturated/α-hetero) is 1. The maximum atomic E-state index is 11.8. The summed E-state index contributed by atoms with van der Waals surface area (Å²) in [7, 11) is 0. The number of aromatic nitrogens is 1. The van der Waals surface area contributed by atoms with Crippen molar-refractivity contribution < 1.29 is 9.59 Å². The van der Waals surface area contributed by atoms with E-state index in [1.54, 1.807) is 30.3 Å². The molecule has 2 aromatic rings. The molecule has 0 aliphatic carbocycles. The molecule has 0 aliphatic heterocycles. The van der Waals surface area contributed by atoms with Gasteiger partial charge < -0.3 is 10.6 Å². The molecule has 1 heterocycles. The first-order chi connectivity index (χ1) is 9.95. The number of ketones is 1. The minimum Gasteiger partial charge on any atom is -0.308 e. The van der Waals surface area contributed by atoms with E-state index in [4.69, 9.17) is 11.6 Å². The normalized spacial score (nSPS) is 10.0. The SMILES string of the molecule is CC(=O)c1ccc(NC(=O)Nc2cnc(Cl)c(Br)c2)cc1. The molecule has 0 bridgehead atoms. The Hall–Kier alpha value is -1.92. The molecule has 2 amide bonds. The number of nitrogens with one attached hydrogen (secondary N) is 2. The lowest BCUT2D eigenvalue weighted by Crippen LogP contribution is -2.19. The van der Waals surface area contributed by atoms with E-state index in [9.17, 15) is 9.59 Å². The van der Waals surface area contributed by atoms with E-state index in [0.717, 1.165) is 0 Å². The summed E-state index contributed by atoms with van der Waals surface area (Å²) >= 11 is 9.00. The summed E-state index contributed by atoms with van der Waals surface area (Å²) in [5, 5.41) is 5.60. The molecule has 1 aromatic carbocycles. The lowest BCUT2D eigenvalue weighted by atomic mass is 10.1. The fourth-order valence-corrected chi connectivity index (χ4v) is 2.02. The highest BCUT2D eigenvalue weighted by Gasteiger charge is 2.06. The van der Waals surface area contributed by atoms with Crippen molar-refractivity contribution in [1.29, 1.82) is 0 Å². The van der Waals surface area contributed by atoms with Crippen LogP contribution in [0.25, 0.3) is 0 Å². The zero-order valence-electron chi connectivity index (χ0n) is 11.0. The molecule has 5 nitrogen and oxygen atoms in total. The number of rotatable bonds is 3. The highest BCUT2D eigenvalue weighted by molar-refractivity contribution is 9.10. The third-order valence-corrected chi connectivity index (χ3v) is 3.74. The van der Waals surface area contributed by atoms with Gasteiger partial charge in [0.15, 0.2) is 5.78 Å². The molecule has 1 aromatic heterocycles. The van der Waals surface area contributed by atoms with Crippen molar-refractivity contribution >= 4 is 50.7 Å². The van der Waals surface area contributed by atoms with Gasteiger partial charge in [-0.25, -0.2) is 9.78 Å². The molecule has 0 saturated heterocycles. The summed E-state index contributed by atoms with van der Waals surface area (Å²) in [6.45, 7) is 1.49. The van der Waals surface area contributed by atoms with Crippen LogP contribution in [0.1, 0.15) is 17.3 Å². The summed E-state index contributed by atoms with van der Waals surface area (Å²) in [5.74, 6) is -0.0249. The molecule has 2 rings (SSSR count). The summed E-state index contributed by atoms with van der Waals surface area (Å²) in [6.07, 6.45) is 1.45. The van der Waals surface area contributed by atoms with E-state index in [-0.39, 0.29) is 5.78 Å². The number of nitrogens with zero attached hydrogens (tertiary/aromatic N) is 1. The second-order valence-corrected chi connectivity index (χ2v) is 5.42. The van der Waals surface area contributed by atoms with E-state index in [1.165, 1.54) is 13.1 Å². The average Bonchev–Trinajstić information content (AvgIpc) is 2.43. The molecular formula is C14H11BrClN3O2. The van der Waals surface area contributed by atoms with E-state index in [0.29, 0.717) is 26.6 Å². The first-order valence-electron chi connectivity index (χ1n) is 5.96. The zero-order chi connectivity index (χ0) is 15.4. The van der Waals surface area contributed by atoms with Gasteiger partial charge >= 0.3 is 6.03 Å². The number of pyridine rings is 1. The van der Waals surface area contributed by atoms with Crippen molar-refractivity contribution in [3.63, 3.8) is 0 Å². The number of anilines is 2. The molecule has 0 fully saturated rings. The van der Waals surface area contributed by atoms with Crippen LogP contribution in [0.2, 0.25) is 5.15 Å². The highest BCUT2D eigenvalue weighted by Crippen LogP contribution is 2.23. The number of carbonyl (C=O) groups is 2. The molecule has 108 valence electrons. The molecule has 0 spiro atoms. The number of urea groups is 1. The van der Waals surface area contributed by atoms with Crippen LogP contribution in [0.3, 0.4) is 0 Å². The van der Waals surface area contributed by atoms with Crippen LogP contribution in [-0.4, -0.2) is 16.8 Å². The van der Waals surface area contributed by atoms with Crippen LogP contribution in [0.15, 0.2) is 41.0 Å². The summed E-state index contributed by atoms with van der Waals surface area (Å²) < 4.78 is 0.591. The fraction of sp³-hybridized carbons (Fsp3) is 0.0714. The van der Waals surface area contributed by atoms with Crippen LogP contribution in [0.5, 0.6) is 0 Å². The molecule has 0 unspecified atom stereocenters. The quantitative estimate of drug-likeness (QED) is 0.625. The zero-order valence-corrected chi connectivity index (χ0v) is 13.3. The van der Waals surface area contributed by atoms with Gasteiger partial charge in [0.25, 0.3) is 0 Å². The van der Waals surface area contributed by atoms with Gasteiger partial charge in [0, 0.05) is 11.3 Å². The van der Waals surface area contributed by atoms with E-state index >= 15 is 0 Å². The van der Waals surface area contributed by atoms with Gasteiger partial charge in [-0.1, -0.05) is 11.6 Å². The minimum atomic E-state index is -0.415. The first-order valence-corrected chi connectivity index (χ1v) is 7.13. The van der Waals surface area contributed by atoms with Gasteiger partial charge in [-0.2, -0.15) is 0 Å². The maximum absolute atomic E-state index is 11.8. The maximum Gasteiger partial charge on any atom is 0.323 e. The van der Waals surface area contributed by atoms with Crippen molar-refractivity contribution in [3.05, 3.63) is 51.7 Å². The number of hydrogen-bond acceptors (Lipinski definition) is 3. The summed E-state index contributed by atoms with van der Waals surface area (Å²) in [5.41, 5.74) is 1.68. The van der Waals surface area contributed by atoms with Crippen LogP contribution in [-0.2, 0) is 0 Å². The largest absolute Gasteiger partial charge is 0.323 e. The van der Waals surface area contributed by atoms with Gasteiger partial charge in [-0.3, -0.25) is 4.79 Å². The van der Waals surface area contributed by atoms with E-state index < -0.39 is 6.03 Å². The molecular weight excluding hydrogens is 358 g/mol. The van der Waals surface area contributed by atoms with E-state index in [1.807, 2.05) is 0 Å². The first kappa shape index (κ1) is 15.5. The Labute approximate surface area is 134 Å². The van der Waals surface area contributed by atoms with Crippen molar-refractivity contribution in [2.45, 2.75) is 6.92 Å². The molecule has 7 heteroatoms. The molecule has 0 atom stereocenters. The number of hydrogen-bond donors (Lipinski definition) is 2. The van der Waals surface area contributed by atoms with Gasteiger partial charge in [-0.05, 0) is 53.2 Å². The third-order valence-electron chi connectivity index (χ3n) is 2.60. The van der Waals surface area contributed by atoms with Crippen molar-refractivity contribution in [2.75, 3.05) is 10.6 Å². The standard InChI is InChI=1S/C14H11BrClN3O2/c1-8(20)9-2-4-10(5-3-9)18-14(21)19-11-6-12(15)13(16)17-7-11/h2-7H,1H3,(H2,18,19,21). The van der Waals surface area contributed by atoms with Crippen molar-refractivity contribution in [1.82, 2.24) is 4.98 Å². The van der Waals surface area contributed by atoms with Crippen molar-refractivity contribution in [3.8, 4) is 0 Å². The highest BCUT2D eigenvalue weighted by atomic mass is 79.9. The van der Waals surface area contributed by atoms with Crippen LogP contribution >= 0.6 is 27.5 Å². The van der Waals surface area contributed by atoms with Crippen LogP contribution in [0, 0.1) is 0 Å². The lowest BCUT2D eigenvalue weighted by Gasteiger charge is -2.08. The summed E-state index contributed by atoms with van der Waals surface area (Å²) in [6, 6.07) is 7.85. The Morgan fingerprint density at radius 1 is 1.14 bits per heavy atom. The van der Waals surface area contributed by atoms with Gasteiger partial charge in [0.2, 0.25) is 0 Å². The number of amides is 2. The summed E-state index contributed by atoms with van der Waals surface area (Å²) in [4.78, 5) is 26.9. The number of halogens is 2. The van der Waals surface area contributed by atoms with Crippen LogP contribution < -0.4 is 10.6 Å². The van der Waals surface area contributed by atoms with E-state index in [2.05, 4.69) is 31.5 Å². The lowest BCUT2D eigenvalue weighted by molar-refractivity contribution is 0.101. The second kappa shape index (κ2) is 6.69. The van der Waals surface area contributed by atoms with Crippen LogP contribution in [0.4, 0.5) is 16.2 Å². The molecule has 0 saturated carbocycles. The number of carbonyl (C=O) groups excluding carboxylic acids is 2. The van der Waals surface area contributed by atoms with Gasteiger partial charge in [0.05, 0.1) is 16.4 Å². The third kappa shape index (κ3) is 4.27. The molecule has 0 aliphatic rings. The predicted octanol–water partition coefficient (Wildman–Crippen LogP) is 4.34. The van der Waals surface area contributed by atoms with Gasteiger partial charge in [0.1, 0.15) is 5.15 Å². The minimum absolute atomic E-state index is 0.0249. The number of benzene rings is 1. The topological polar surface area (TPSA) is 71.1 Å². The molecule has 2 N–H and O–H groups in total. The Morgan fingerprint density at radius 2 is 1.76 bits per heavy atom. The smallest absolute Gasteiger partial charge is 0.308 e. The second-order valence-electron chi connectivity index (χ2n) is 4.21.